The third-order valence-corrected chi connectivity index (χ3v) is 4.77. The van der Waals surface area contributed by atoms with E-state index in [2.05, 4.69) is 45.4 Å². The molecular formula is C20H34N4O2. The molecule has 26 heavy (non-hydrogen) atoms. The zero-order valence-corrected chi connectivity index (χ0v) is 16.3. The molecule has 1 amide bonds. The van der Waals surface area contributed by atoms with Crippen LogP contribution in [0.25, 0.3) is 0 Å². The van der Waals surface area contributed by atoms with E-state index in [1.807, 2.05) is 11.9 Å². The van der Waals surface area contributed by atoms with E-state index in [1.165, 1.54) is 5.69 Å². The van der Waals surface area contributed by atoms with Gasteiger partial charge in [-0.3, -0.25) is 14.6 Å². The second-order valence-electron chi connectivity index (χ2n) is 6.95. The Morgan fingerprint density at radius 3 is 2.58 bits per heavy atom. The Morgan fingerprint density at radius 1 is 1.15 bits per heavy atom. The molecule has 0 spiro atoms. The number of carbonyl (C=O) groups excluding carboxylic acids is 1. The van der Waals surface area contributed by atoms with Gasteiger partial charge in [0, 0.05) is 58.7 Å². The number of ether oxygens (including phenoxy) is 1. The maximum atomic E-state index is 11.9. The second kappa shape index (κ2) is 11.9. The minimum absolute atomic E-state index is 0.110. The molecule has 6 nitrogen and oxygen atoms in total. The van der Waals surface area contributed by atoms with Gasteiger partial charge in [0.2, 0.25) is 5.91 Å². The van der Waals surface area contributed by atoms with Crippen LogP contribution < -0.4 is 10.2 Å². The van der Waals surface area contributed by atoms with Gasteiger partial charge in [-0.05, 0) is 38.6 Å². The van der Waals surface area contributed by atoms with E-state index >= 15 is 0 Å². The zero-order chi connectivity index (χ0) is 18.6. The number of nitrogens with zero attached hydrogens (tertiary/aromatic N) is 3. The molecular weight excluding hydrogens is 328 g/mol. The van der Waals surface area contributed by atoms with Crippen molar-refractivity contribution in [3.63, 3.8) is 0 Å². The molecule has 1 aliphatic rings. The van der Waals surface area contributed by atoms with Crippen molar-refractivity contribution in [3.05, 3.63) is 30.3 Å². The van der Waals surface area contributed by atoms with Crippen LogP contribution in [-0.2, 0) is 9.53 Å². The number of hydrogen-bond acceptors (Lipinski definition) is 5. The topological polar surface area (TPSA) is 48.1 Å². The number of nitrogens with one attached hydrogen (secondary N) is 1. The third kappa shape index (κ3) is 7.72. The average Bonchev–Trinajstić information content (AvgIpc) is 2.66. The minimum atomic E-state index is 0.110. The molecule has 2 rings (SSSR count). The highest BCUT2D eigenvalue weighted by Gasteiger charge is 2.16. The first-order chi connectivity index (χ1) is 12.7. The molecule has 1 aliphatic heterocycles. The zero-order valence-electron chi connectivity index (χ0n) is 16.3. The van der Waals surface area contributed by atoms with E-state index in [0.717, 1.165) is 65.3 Å². The van der Waals surface area contributed by atoms with Crippen LogP contribution in [-0.4, -0.2) is 88.8 Å². The van der Waals surface area contributed by atoms with Crippen molar-refractivity contribution in [1.29, 1.82) is 0 Å². The smallest absolute Gasteiger partial charge is 0.234 e. The van der Waals surface area contributed by atoms with E-state index in [0.29, 0.717) is 6.54 Å². The van der Waals surface area contributed by atoms with Gasteiger partial charge in [-0.15, -0.1) is 0 Å². The van der Waals surface area contributed by atoms with Crippen LogP contribution in [0.1, 0.15) is 12.8 Å². The second-order valence-corrected chi connectivity index (χ2v) is 6.95. The molecule has 0 atom stereocenters. The van der Waals surface area contributed by atoms with Gasteiger partial charge in [0.05, 0.1) is 6.54 Å². The minimum Gasteiger partial charge on any atom is -0.385 e. The van der Waals surface area contributed by atoms with Crippen molar-refractivity contribution in [1.82, 2.24) is 15.1 Å². The molecule has 0 radical (unpaired) electrons. The SMILES string of the molecule is COCCCN(C)CC(=O)NCCCN1CCN(c2ccccc2)CC1. The lowest BCUT2D eigenvalue weighted by atomic mass is 10.2. The molecule has 1 N–H and O–H groups in total. The molecule has 1 aromatic carbocycles. The van der Waals surface area contributed by atoms with Crippen molar-refractivity contribution in [3.8, 4) is 0 Å². The van der Waals surface area contributed by atoms with Gasteiger partial charge in [-0.25, -0.2) is 0 Å². The molecule has 0 unspecified atom stereocenters. The third-order valence-electron chi connectivity index (χ3n) is 4.77. The summed E-state index contributed by atoms with van der Waals surface area (Å²) in [6.45, 7) is 8.20. The summed E-state index contributed by atoms with van der Waals surface area (Å²) in [7, 11) is 3.68. The highest BCUT2D eigenvalue weighted by molar-refractivity contribution is 5.77. The first kappa shape index (κ1) is 20.7. The Morgan fingerprint density at radius 2 is 1.88 bits per heavy atom. The molecule has 0 bridgehead atoms. The van der Waals surface area contributed by atoms with Gasteiger partial charge in [-0.2, -0.15) is 0 Å². The highest BCUT2D eigenvalue weighted by Crippen LogP contribution is 2.15. The van der Waals surface area contributed by atoms with Gasteiger partial charge < -0.3 is 15.0 Å². The lowest BCUT2D eigenvalue weighted by molar-refractivity contribution is -0.122. The lowest BCUT2D eigenvalue weighted by Gasteiger charge is -2.36. The summed E-state index contributed by atoms with van der Waals surface area (Å²) in [4.78, 5) is 18.9. The van der Waals surface area contributed by atoms with Crippen LogP contribution in [0.5, 0.6) is 0 Å². The number of para-hydroxylation sites is 1. The van der Waals surface area contributed by atoms with Crippen LogP contribution in [0, 0.1) is 0 Å². The number of rotatable bonds is 11. The number of amides is 1. The average molecular weight is 363 g/mol. The summed E-state index contributed by atoms with van der Waals surface area (Å²) < 4.78 is 5.03. The highest BCUT2D eigenvalue weighted by atomic mass is 16.5. The summed E-state index contributed by atoms with van der Waals surface area (Å²) in [5, 5.41) is 3.03. The number of benzene rings is 1. The van der Waals surface area contributed by atoms with Crippen molar-refractivity contribution in [2.45, 2.75) is 12.8 Å². The first-order valence-corrected chi connectivity index (χ1v) is 9.65. The van der Waals surface area contributed by atoms with Crippen molar-refractivity contribution in [2.24, 2.45) is 0 Å². The predicted molar refractivity (Wildman–Crippen MR) is 107 cm³/mol. The number of likely N-dealkylation sites (N-methyl/N-ethyl adjacent to an activating group) is 1. The normalized spacial score (nSPS) is 15.4. The standard InChI is InChI=1S/C20H34N4O2/c1-22(11-7-17-26-2)18-20(25)21-10-6-12-23-13-15-24(16-14-23)19-8-4-3-5-9-19/h3-5,8-9H,6-7,10-18H2,1-2H3,(H,21,25). The fourth-order valence-corrected chi connectivity index (χ4v) is 3.26. The van der Waals surface area contributed by atoms with E-state index in [1.54, 1.807) is 7.11 Å². The number of piperazine rings is 1. The summed E-state index contributed by atoms with van der Waals surface area (Å²) in [5.74, 6) is 0.110. The monoisotopic (exact) mass is 362 g/mol. The van der Waals surface area contributed by atoms with Gasteiger partial charge in [0.25, 0.3) is 0 Å². The Kier molecular flexibility index (Phi) is 9.45. The largest absolute Gasteiger partial charge is 0.385 e. The molecule has 1 fully saturated rings. The molecule has 0 saturated carbocycles. The number of anilines is 1. The molecule has 6 heteroatoms. The van der Waals surface area contributed by atoms with E-state index in [4.69, 9.17) is 4.74 Å². The Balaban J connectivity index is 1.52. The van der Waals surface area contributed by atoms with Crippen LogP contribution in [0.4, 0.5) is 5.69 Å². The van der Waals surface area contributed by atoms with Crippen LogP contribution in [0.2, 0.25) is 0 Å². The predicted octanol–water partition coefficient (Wildman–Crippen LogP) is 1.28. The number of carbonyl (C=O) groups is 1. The Bertz CT molecular complexity index is 504. The van der Waals surface area contributed by atoms with Gasteiger partial charge >= 0.3 is 0 Å². The Labute approximate surface area is 158 Å². The van der Waals surface area contributed by atoms with E-state index in [9.17, 15) is 4.79 Å². The maximum absolute atomic E-state index is 11.9. The fourth-order valence-electron chi connectivity index (χ4n) is 3.26. The van der Waals surface area contributed by atoms with Gasteiger partial charge in [0.15, 0.2) is 0 Å². The van der Waals surface area contributed by atoms with Crippen molar-refractivity contribution >= 4 is 11.6 Å². The van der Waals surface area contributed by atoms with Crippen molar-refractivity contribution < 1.29 is 9.53 Å². The molecule has 1 heterocycles. The molecule has 0 aromatic heterocycles. The fraction of sp³-hybridized carbons (Fsp3) is 0.650. The summed E-state index contributed by atoms with van der Waals surface area (Å²) in [5.41, 5.74) is 1.31. The number of hydrogen-bond donors (Lipinski definition) is 1. The van der Waals surface area contributed by atoms with Crippen LogP contribution in [0.15, 0.2) is 30.3 Å². The first-order valence-electron chi connectivity index (χ1n) is 9.65. The van der Waals surface area contributed by atoms with E-state index in [-0.39, 0.29) is 5.91 Å². The maximum Gasteiger partial charge on any atom is 0.234 e. The summed E-state index contributed by atoms with van der Waals surface area (Å²) in [6, 6.07) is 10.6. The summed E-state index contributed by atoms with van der Waals surface area (Å²) >= 11 is 0. The van der Waals surface area contributed by atoms with Crippen LogP contribution in [0.3, 0.4) is 0 Å². The quantitative estimate of drug-likeness (QED) is 0.601. The Hall–Kier alpha value is -1.63. The molecule has 146 valence electrons. The number of methoxy groups -OCH3 is 1. The molecule has 1 saturated heterocycles. The molecule has 1 aromatic rings. The van der Waals surface area contributed by atoms with Gasteiger partial charge in [0.1, 0.15) is 0 Å². The molecule has 0 aliphatic carbocycles. The summed E-state index contributed by atoms with van der Waals surface area (Å²) in [6.07, 6.45) is 1.96. The van der Waals surface area contributed by atoms with Gasteiger partial charge in [-0.1, -0.05) is 18.2 Å². The van der Waals surface area contributed by atoms with Crippen LogP contribution >= 0.6 is 0 Å². The van der Waals surface area contributed by atoms with E-state index < -0.39 is 0 Å². The lowest BCUT2D eigenvalue weighted by Crippen LogP contribution is -2.47. The van der Waals surface area contributed by atoms with Crippen molar-refractivity contribution in [2.75, 3.05) is 78.0 Å².